The fourth-order valence-electron chi connectivity index (χ4n) is 2.94. The number of benzene rings is 1. The van der Waals surface area contributed by atoms with Gasteiger partial charge in [-0.15, -0.1) is 0 Å². The minimum Gasteiger partial charge on any atom is -0.493 e. The van der Waals surface area contributed by atoms with Crippen LogP contribution in [0, 0.1) is 5.82 Å². The number of pyridine rings is 2. The van der Waals surface area contributed by atoms with Crippen LogP contribution < -0.4 is 10.1 Å². The number of rotatable bonds is 2. The van der Waals surface area contributed by atoms with Crippen molar-refractivity contribution in [3.8, 4) is 5.75 Å². The van der Waals surface area contributed by atoms with Gasteiger partial charge < -0.3 is 10.1 Å². The summed E-state index contributed by atoms with van der Waals surface area (Å²) in [5.41, 5.74) is 1.86. The average Bonchev–Trinajstić information content (AvgIpc) is 2.61. The van der Waals surface area contributed by atoms with Crippen molar-refractivity contribution in [1.82, 2.24) is 15.3 Å². The molecule has 0 saturated carbocycles. The second-order valence-electron chi connectivity index (χ2n) is 5.60. The van der Waals surface area contributed by atoms with Gasteiger partial charge in [0, 0.05) is 36.0 Å². The van der Waals surface area contributed by atoms with Gasteiger partial charge in [0.2, 0.25) is 0 Å². The van der Waals surface area contributed by atoms with Crippen molar-refractivity contribution in [2.24, 2.45) is 0 Å². The molecule has 0 spiro atoms. The monoisotopic (exact) mass is 323 g/mol. The number of ether oxygens (including phenoxy) is 1. The summed E-state index contributed by atoms with van der Waals surface area (Å²) in [6.07, 6.45) is 5.43. The molecule has 0 saturated heterocycles. The molecular weight excluding hydrogens is 309 g/mol. The maximum absolute atomic E-state index is 13.6. The lowest BCUT2D eigenvalue weighted by Gasteiger charge is -2.26. The smallest absolute Gasteiger partial charge is 0.252 e. The summed E-state index contributed by atoms with van der Waals surface area (Å²) in [5, 5.41) is 3.65. The molecule has 3 heterocycles. The van der Waals surface area contributed by atoms with Crippen LogP contribution in [0.4, 0.5) is 4.39 Å². The molecule has 3 aromatic rings. The average molecular weight is 323 g/mol. The highest BCUT2D eigenvalue weighted by atomic mass is 19.1. The normalized spacial score (nSPS) is 16.3. The van der Waals surface area contributed by atoms with Gasteiger partial charge in [-0.3, -0.25) is 14.8 Å². The summed E-state index contributed by atoms with van der Waals surface area (Å²) in [7, 11) is 0. The predicted molar refractivity (Wildman–Crippen MR) is 86.3 cm³/mol. The molecule has 1 aliphatic heterocycles. The summed E-state index contributed by atoms with van der Waals surface area (Å²) in [6, 6.07) is 7.47. The van der Waals surface area contributed by atoms with Gasteiger partial charge in [0.25, 0.3) is 5.91 Å². The van der Waals surface area contributed by atoms with Crippen molar-refractivity contribution in [3.63, 3.8) is 0 Å². The molecule has 2 aromatic heterocycles. The van der Waals surface area contributed by atoms with Gasteiger partial charge in [-0.1, -0.05) is 0 Å². The Morgan fingerprint density at radius 2 is 2.17 bits per heavy atom. The van der Waals surface area contributed by atoms with Crippen molar-refractivity contribution in [2.75, 3.05) is 6.61 Å². The standard InChI is InChI=1S/C18H14FN3O2/c19-11-1-2-17-13(9-11)16(5-8-24-17)22-18(23)12-3-7-21-15-4-6-20-10-14(12)15/h1-4,6-7,9-10,16H,5,8H2,(H,22,23)/t16-/m0/s1. The third-order valence-electron chi connectivity index (χ3n) is 4.10. The van der Waals surface area contributed by atoms with Gasteiger partial charge >= 0.3 is 0 Å². The van der Waals surface area contributed by atoms with Crippen LogP contribution in [-0.4, -0.2) is 22.5 Å². The number of hydrogen-bond acceptors (Lipinski definition) is 4. The number of nitrogens with zero attached hydrogens (tertiary/aromatic N) is 2. The van der Waals surface area contributed by atoms with E-state index in [2.05, 4.69) is 15.3 Å². The van der Waals surface area contributed by atoms with Crippen LogP contribution in [0.2, 0.25) is 0 Å². The molecule has 0 aliphatic carbocycles. The third kappa shape index (κ3) is 2.56. The Balaban J connectivity index is 1.67. The summed E-state index contributed by atoms with van der Waals surface area (Å²) >= 11 is 0. The second kappa shape index (κ2) is 5.88. The van der Waals surface area contributed by atoms with Crippen molar-refractivity contribution in [1.29, 1.82) is 0 Å². The van der Waals surface area contributed by atoms with Crippen LogP contribution in [0.15, 0.2) is 48.9 Å². The summed E-state index contributed by atoms with van der Waals surface area (Å²) in [4.78, 5) is 21.0. The number of aromatic nitrogens is 2. The summed E-state index contributed by atoms with van der Waals surface area (Å²) in [5.74, 6) is 0.0174. The van der Waals surface area contributed by atoms with Crippen LogP contribution in [0.5, 0.6) is 5.75 Å². The lowest BCUT2D eigenvalue weighted by atomic mass is 9.99. The van der Waals surface area contributed by atoms with E-state index in [0.29, 0.717) is 40.8 Å². The Hall–Kier alpha value is -3.02. The van der Waals surface area contributed by atoms with Gasteiger partial charge in [-0.25, -0.2) is 4.39 Å². The van der Waals surface area contributed by atoms with Crippen molar-refractivity contribution in [2.45, 2.75) is 12.5 Å². The molecule has 1 aliphatic rings. The van der Waals surface area contributed by atoms with E-state index in [9.17, 15) is 9.18 Å². The number of halogens is 1. The number of fused-ring (bicyclic) bond motifs is 2. The fourth-order valence-corrected chi connectivity index (χ4v) is 2.94. The van der Waals surface area contributed by atoms with Crippen molar-refractivity contribution < 1.29 is 13.9 Å². The highest BCUT2D eigenvalue weighted by Gasteiger charge is 2.24. The molecule has 6 heteroatoms. The fraction of sp³-hybridized carbons (Fsp3) is 0.167. The van der Waals surface area contributed by atoms with Crippen LogP contribution in [0.25, 0.3) is 10.9 Å². The van der Waals surface area contributed by atoms with Gasteiger partial charge in [-0.05, 0) is 30.3 Å². The molecule has 0 unspecified atom stereocenters. The maximum Gasteiger partial charge on any atom is 0.252 e. The number of nitrogens with one attached hydrogen (secondary N) is 1. The van der Waals surface area contributed by atoms with Crippen molar-refractivity contribution >= 4 is 16.8 Å². The minimum absolute atomic E-state index is 0.238. The molecular formula is C18H14FN3O2. The zero-order chi connectivity index (χ0) is 16.5. The second-order valence-corrected chi connectivity index (χ2v) is 5.60. The Labute approximate surface area is 137 Å². The first kappa shape index (κ1) is 14.6. The predicted octanol–water partition coefficient (Wildman–Crippen LogP) is 3.02. The highest BCUT2D eigenvalue weighted by Crippen LogP contribution is 2.32. The van der Waals surface area contributed by atoms with Gasteiger partial charge in [0.15, 0.2) is 0 Å². The van der Waals surface area contributed by atoms with E-state index in [-0.39, 0.29) is 17.8 Å². The number of carbonyl (C=O) groups is 1. The molecule has 1 aromatic carbocycles. The van der Waals surface area contributed by atoms with E-state index in [1.165, 1.54) is 12.1 Å². The zero-order valence-corrected chi connectivity index (χ0v) is 12.7. The number of hydrogen-bond donors (Lipinski definition) is 1. The van der Waals surface area contributed by atoms with Gasteiger partial charge in [-0.2, -0.15) is 0 Å². The Morgan fingerprint density at radius 1 is 1.25 bits per heavy atom. The molecule has 5 nitrogen and oxygen atoms in total. The summed E-state index contributed by atoms with van der Waals surface area (Å²) in [6.45, 7) is 0.474. The largest absolute Gasteiger partial charge is 0.493 e. The molecule has 1 N–H and O–H groups in total. The number of amides is 1. The SMILES string of the molecule is O=C(N[C@H]1CCOc2ccc(F)cc21)c1ccnc2ccncc12. The topological polar surface area (TPSA) is 64.1 Å². The van der Waals surface area contributed by atoms with E-state index in [0.717, 1.165) is 0 Å². The van der Waals surface area contributed by atoms with Crippen LogP contribution in [-0.2, 0) is 0 Å². The van der Waals surface area contributed by atoms with Crippen LogP contribution in [0.3, 0.4) is 0 Å². The minimum atomic E-state index is -0.350. The van der Waals surface area contributed by atoms with E-state index >= 15 is 0 Å². The molecule has 24 heavy (non-hydrogen) atoms. The molecule has 0 fully saturated rings. The molecule has 120 valence electrons. The first-order valence-electron chi connectivity index (χ1n) is 7.64. The van der Waals surface area contributed by atoms with Crippen molar-refractivity contribution in [3.05, 3.63) is 65.9 Å². The Morgan fingerprint density at radius 3 is 3.08 bits per heavy atom. The first-order chi connectivity index (χ1) is 11.7. The first-order valence-corrected chi connectivity index (χ1v) is 7.64. The quantitative estimate of drug-likeness (QED) is 0.787. The maximum atomic E-state index is 13.6. The van der Waals surface area contributed by atoms with E-state index < -0.39 is 0 Å². The van der Waals surface area contributed by atoms with E-state index in [1.807, 2.05) is 0 Å². The van der Waals surface area contributed by atoms with E-state index in [4.69, 9.17) is 4.74 Å². The van der Waals surface area contributed by atoms with Crippen LogP contribution in [0.1, 0.15) is 28.4 Å². The zero-order valence-electron chi connectivity index (χ0n) is 12.7. The van der Waals surface area contributed by atoms with Gasteiger partial charge in [0.05, 0.1) is 23.7 Å². The Bertz CT molecular complexity index is 924. The molecule has 0 bridgehead atoms. The lowest BCUT2D eigenvalue weighted by Crippen LogP contribution is -2.32. The molecule has 1 amide bonds. The third-order valence-corrected chi connectivity index (χ3v) is 4.10. The molecule has 0 radical (unpaired) electrons. The van der Waals surface area contributed by atoms with Crippen LogP contribution >= 0.6 is 0 Å². The van der Waals surface area contributed by atoms with Gasteiger partial charge in [0.1, 0.15) is 11.6 Å². The summed E-state index contributed by atoms with van der Waals surface area (Å²) < 4.78 is 19.1. The Kier molecular flexibility index (Phi) is 3.57. The molecule has 1 atom stereocenters. The highest BCUT2D eigenvalue weighted by molar-refractivity contribution is 6.05. The number of carbonyl (C=O) groups excluding carboxylic acids is 1. The van der Waals surface area contributed by atoms with E-state index in [1.54, 1.807) is 36.8 Å². The lowest BCUT2D eigenvalue weighted by molar-refractivity contribution is 0.0926. The molecule has 4 rings (SSSR count).